The minimum absolute atomic E-state index is 0.1000. The van der Waals surface area contributed by atoms with Crippen LogP contribution in [-0.2, 0) is 26.3 Å². The summed E-state index contributed by atoms with van der Waals surface area (Å²) >= 11 is 6.04. The fourth-order valence-corrected chi connectivity index (χ4v) is 5.69. The van der Waals surface area contributed by atoms with Gasteiger partial charge in [0.25, 0.3) is 0 Å². The van der Waals surface area contributed by atoms with Gasteiger partial charge in [0.05, 0.1) is 5.69 Å². The highest BCUT2D eigenvalue weighted by atomic mass is 35.5. The third-order valence-corrected chi connectivity index (χ3v) is 8.84. The molecule has 0 radical (unpaired) electrons. The van der Waals surface area contributed by atoms with Crippen LogP contribution in [0.3, 0.4) is 0 Å². The predicted octanol–water partition coefficient (Wildman–Crippen LogP) is 4.05. The monoisotopic (exact) mass is 548 g/mol. The molecule has 0 saturated heterocycles. The van der Waals surface area contributed by atoms with E-state index < -0.39 is 28.7 Å². The van der Waals surface area contributed by atoms with Crippen LogP contribution in [0.1, 0.15) is 49.3 Å². The van der Waals surface area contributed by atoms with Crippen LogP contribution in [0.5, 0.6) is 0 Å². The Morgan fingerprint density at radius 1 is 1.05 bits per heavy atom. The van der Waals surface area contributed by atoms with Crippen molar-refractivity contribution < 1.29 is 18.0 Å². The van der Waals surface area contributed by atoms with Gasteiger partial charge in [-0.25, -0.2) is 4.31 Å². The molecule has 0 heterocycles. The van der Waals surface area contributed by atoms with E-state index in [2.05, 4.69) is 5.32 Å². The van der Waals surface area contributed by atoms with Gasteiger partial charge in [-0.05, 0) is 68.5 Å². The van der Waals surface area contributed by atoms with E-state index in [4.69, 9.17) is 11.6 Å². The molecular weight excluding hydrogens is 512 g/mol. The number of benzene rings is 2. The highest BCUT2D eigenvalue weighted by Gasteiger charge is 2.34. The summed E-state index contributed by atoms with van der Waals surface area (Å²) in [6, 6.07) is 11.8. The van der Waals surface area contributed by atoms with Crippen molar-refractivity contribution in [2.75, 3.05) is 24.9 Å². The summed E-state index contributed by atoms with van der Waals surface area (Å²) in [5.74, 6) is -0.724. The number of carbonyl (C=O) groups is 2. The molecule has 0 aromatic heterocycles. The third-order valence-electron chi connectivity index (χ3n) is 6.79. The number of hydrogen-bond acceptors (Lipinski definition) is 4. The predicted molar refractivity (Wildman–Crippen MR) is 148 cm³/mol. The molecule has 8 nitrogen and oxygen atoms in total. The maximum atomic E-state index is 13.8. The fourth-order valence-electron chi connectivity index (χ4n) is 4.45. The molecule has 3 rings (SSSR count). The number of halogens is 1. The van der Waals surface area contributed by atoms with E-state index in [0.29, 0.717) is 10.7 Å². The SMILES string of the molecule is Cc1ccc(C)c(N(CC(=O)N(Cc2ccc(Cl)cc2)[C@H](C)C(=O)NC2CCCC2)S(=O)(=O)N(C)C)c1. The van der Waals surface area contributed by atoms with Crippen LogP contribution >= 0.6 is 11.6 Å². The average Bonchev–Trinajstić information content (AvgIpc) is 3.36. The van der Waals surface area contributed by atoms with Crippen molar-refractivity contribution >= 4 is 39.3 Å². The Hall–Kier alpha value is -2.62. The molecule has 37 heavy (non-hydrogen) atoms. The first-order valence-electron chi connectivity index (χ1n) is 12.5. The molecule has 1 fully saturated rings. The van der Waals surface area contributed by atoms with Crippen molar-refractivity contribution in [3.63, 3.8) is 0 Å². The first-order chi connectivity index (χ1) is 17.4. The van der Waals surface area contributed by atoms with Crippen LogP contribution in [-0.4, -0.2) is 62.2 Å². The van der Waals surface area contributed by atoms with Crippen molar-refractivity contribution in [3.8, 4) is 0 Å². The fraction of sp³-hybridized carbons (Fsp3) is 0.481. The summed E-state index contributed by atoms with van der Waals surface area (Å²) in [6.45, 7) is 5.05. The van der Waals surface area contributed by atoms with Crippen LogP contribution in [0.15, 0.2) is 42.5 Å². The molecule has 1 N–H and O–H groups in total. The van der Waals surface area contributed by atoms with E-state index in [1.54, 1.807) is 44.2 Å². The lowest BCUT2D eigenvalue weighted by Gasteiger charge is -2.33. The molecule has 2 aromatic rings. The van der Waals surface area contributed by atoms with Gasteiger partial charge in [0, 0.05) is 31.7 Å². The molecule has 10 heteroatoms. The molecule has 0 aliphatic heterocycles. The Bertz CT molecular complexity index is 1210. The maximum absolute atomic E-state index is 13.8. The number of nitrogens with zero attached hydrogens (tertiary/aromatic N) is 3. The summed E-state index contributed by atoms with van der Waals surface area (Å²) < 4.78 is 28.9. The van der Waals surface area contributed by atoms with Crippen LogP contribution < -0.4 is 9.62 Å². The van der Waals surface area contributed by atoms with E-state index in [-0.39, 0.29) is 18.5 Å². The van der Waals surface area contributed by atoms with Gasteiger partial charge in [0.2, 0.25) is 11.8 Å². The van der Waals surface area contributed by atoms with Crippen molar-refractivity contribution in [2.45, 2.75) is 65.1 Å². The number of anilines is 1. The zero-order valence-electron chi connectivity index (χ0n) is 22.2. The minimum atomic E-state index is -4.00. The number of hydrogen-bond donors (Lipinski definition) is 1. The summed E-state index contributed by atoms with van der Waals surface area (Å²) in [5, 5.41) is 3.63. The second-order valence-corrected chi connectivity index (χ2v) is 12.4. The van der Waals surface area contributed by atoms with E-state index >= 15 is 0 Å². The standard InChI is InChI=1S/C27H37ClN4O4S/c1-19-10-11-20(2)25(16-19)32(37(35,36)30(4)5)18-26(33)31(17-22-12-14-23(28)15-13-22)21(3)27(34)29-24-8-6-7-9-24/h10-16,21,24H,6-9,17-18H2,1-5H3,(H,29,34)/t21-/m1/s1. The molecule has 1 aliphatic carbocycles. The Balaban J connectivity index is 1.95. The summed E-state index contributed by atoms with van der Waals surface area (Å²) in [6.07, 6.45) is 3.98. The van der Waals surface area contributed by atoms with Gasteiger partial charge in [-0.1, -0.05) is 48.7 Å². The summed E-state index contributed by atoms with van der Waals surface area (Å²) in [5.41, 5.74) is 2.80. The third kappa shape index (κ3) is 7.24. The minimum Gasteiger partial charge on any atom is -0.352 e. The van der Waals surface area contributed by atoms with Gasteiger partial charge < -0.3 is 10.2 Å². The molecule has 0 bridgehead atoms. The Labute approximate surface area is 225 Å². The topological polar surface area (TPSA) is 90.0 Å². The molecule has 1 aliphatic rings. The zero-order chi connectivity index (χ0) is 27.3. The average molecular weight is 549 g/mol. The highest BCUT2D eigenvalue weighted by molar-refractivity contribution is 7.90. The Morgan fingerprint density at radius 3 is 2.27 bits per heavy atom. The molecule has 2 aromatic carbocycles. The van der Waals surface area contributed by atoms with Crippen molar-refractivity contribution in [3.05, 3.63) is 64.2 Å². The van der Waals surface area contributed by atoms with Crippen LogP contribution in [0.25, 0.3) is 0 Å². The smallest absolute Gasteiger partial charge is 0.304 e. The number of aryl methyl sites for hydroxylation is 2. The largest absolute Gasteiger partial charge is 0.352 e. The normalized spacial score (nSPS) is 15.0. The Morgan fingerprint density at radius 2 is 1.68 bits per heavy atom. The molecule has 0 spiro atoms. The summed E-state index contributed by atoms with van der Waals surface area (Å²) in [7, 11) is -1.14. The van der Waals surface area contributed by atoms with Crippen LogP contribution in [0.4, 0.5) is 5.69 Å². The molecule has 202 valence electrons. The summed E-state index contributed by atoms with van der Waals surface area (Å²) in [4.78, 5) is 28.5. The number of nitrogens with one attached hydrogen (secondary N) is 1. The van der Waals surface area contributed by atoms with Crippen LogP contribution in [0, 0.1) is 13.8 Å². The van der Waals surface area contributed by atoms with Crippen LogP contribution in [0.2, 0.25) is 5.02 Å². The Kier molecular flexibility index (Phi) is 9.61. The lowest BCUT2D eigenvalue weighted by molar-refractivity contribution is -0.139. The van der Waals surface area contributed by atoms with E-state index in [0.717, 1.165) is 51.0 Å². The first kappa shape index (κ1) is 28.9. The molecule has 2 amide bonds. The van der Waals surface area contributed by atoms with Crippen molar-refractivity contribution in [1.82, 2.24) is 14.5 Å². The zero-order valence-corrected chi connectivity index (χ0v) is 23.8. The lowest BCUT2D eigenvalue weighted by atomic mass is 10.1. The van der Waals surface area contributed by atoms with E-state index in [1.165, 1.54) is 19.0 Å². The van der Waals surface area contributed by atoms with Gasteiger partial charge in [-0.2, -0.15) is 12.7 Å². The lowest BCUT2D eigenvalue weighted by Crippen LogP contribution is -2.53. The first-order valence-corrected chi connectivity index (χ1v) is 14.3. The molecular formula is C27H37ClN4O4S. The quantitative estimate of drug-likeness (QED) is 0.485. The van der Waals surface area contributed by atoms with E-state index in [1.807, 2.05) is 19.1 Å². The molecule has 0 unspecified atom stereocenters. The van der Waals surface area contributed by atoms with Crippen molar-refractivity contribution in [2.24, 2.45) is 0 Å². The second kappa shape index (κ2) is 12.3. The number of amides is 2. The van der Waals surface area contributed by atoms with E-state index in [9.17, 15) is 18.0 Å². The van der Waals surface area contributed by atoms with Crippen molar-refractivity contribution in [1.29, 1.82) is 0 Å². The molecule has 1 saturated carbocycles. The van der Waals surface area contributed by atoms with Gasteiger partial charge >= 0.3 is 10.2 Å². The van der Waals surface area contributed by atoms with Gasteiger partial charge in [0.1, 0.15) is 12.6 Å². The van der Waals surface area contributed by atoms with Gasteiger partial charge in [-0.3, -0.25) is 9.59 Å². The maximum Gasteiger partial charge on any atom is 0.304 e. The number of carbonyl (C=O) groups excluding carboxylic acids is 2. The molecule has 1 atom stereocenters. The van der Waals surface area contributed by atoms with Gasteiger partial charge in [0.15, 0.2) is 0 Å². The number of rotatable bonds is 10. The second-order valence-electron chi connectivity index (χ2n) is 9.90. The highest BCUT2D eigenvalue weighted by Crippen LogP contribution is 2.26. The van der Waals surface area contributed by atoms with Gasteiger partial charge in [-0.15, -0.1) is 0 Å².